The number of benzene rings is 1. The summed E-state index contributed by atoms with van der Waals surface area (Å²) in [5.41, 5.74) is 2.41. The predicted molar refractivity (Wildman–Crippen MR) is 68.2 cm³/mol. The van der Waals surface area contributed by atoms with E-state index < -0.39 is 0 Å². The third kappa shape index (κ3) is 2.69. The zero-order chi connectivity index (χ0) is 11.4. The van der Waals surface area contributed by atoms with Crippen LogP contribution in [0.5, 0.6) is 5.75 Å². The SMILES string of the molecule is COc1ccc(NCC2CCCC2)cc1C. The highest BCUT2D eigenvalue weighted by Gasteiger charge is 2.14. The zero-order valence-corrected chi connectivity index (χ0v) is 10.3. The number of ether oxygens (including phenoxy) is 1. The van der Waals surface area contributed by atoms with Crippen LogP contribution in [0.15, 0.2) is 18.2 Å². The molecule has 1 N–H and O–H groups in total. The highest BCUT2D eigenvalue weighted by molar-refractivity contribution is 5.50. The molecule has 1 aromatic carbocycles. The molecule has 0 saturated heterocycles. The second kappa shape index (κ2) is 5.24. The van der Waals surface area contributed by atoms with Gasteiger partial charge in [-0.3, -0.25) is 0 Å². The molecule has 1 aromatic rings. The minimum atomic E-state index is 0.877. The molecule has 1 aliphatic rings. The molecule has 0 heterocycles. The van der Waals surface area contributed by atoms with Gasteiger partial charge in [0, 0.05) is 12.2 Å². The van der Waals surface area contributed by atoms with E-state index in [1.807, 2.05) is 6.07 Å². The lowest BCUT2D eigenvalue weighted by molar-refractivity contribution is 0.412. The minimum absolute atomic E-state index is 0.877. The molecule has 0 atom stereocenters. The van der Waals surface area contributed by atoms with Crippen LogP contribution >= 0.6 is 0 Å². The van der Waals surface area contributed by atoms with Crippen LogP contribution in [0.4, 0.5) is 5.69 Å². The molecule has 0 unspecified atom stereocenters. The summed E-state index contributed by atoms with van der Waals surface area (Å²) in [7, 11) is 1.72. The van der Waals surface area contributed by atoms with Gasteiger partial charge in [-0.1, -0.05) is 12.8 Å². The maximum absolute atomic E-state index is 5.25. The number of hydrogen-bond acceptors (Lipinski definition) is 2. The Kier molecular flexibility index (Phi) is 3.70. The predicted octanol–water partition coefficient (Wildman–Crippen LogP) is 3.61. The number of methoxy groups -OCH3 is 1. The first-order valence-electron chi connectivity index (χ1n) is 6.18. The highest BCUT2D eigenvalue weighted by atomic mass is 16.5. The van der Waals surface area contributed by atoms with Crippen molar-refractivity contribution in [1.82, 2.24) is 0 Å². The Morgan fingerprint density at radius 2 is 2.06 bits per heavy atom. The fourth-order valence-corrected chi connectivity index (χ4v) is 2.47. The van der Waals surface area contributed by atoms with Gasteiger partial charge in [0.15, 0.2) is 0 Å². The van der Waals surface area contributed by atoms with E-state index in [0.717, 1.165) is 18.2 Å². The molecule has 2 rings (SSSR count). The van der Waals surface area contributed by atoms with E-state index in [-0.39, 0.29) is 0 Å². The first-order chi connectivity index (χ1) is 7.79. The maximum Gasteiger partial charge on any atom is 0.121 e. The molecule has 0 spiro atoms. The van der Waals surface area contributed by atoms with Crippen LogP contribution in [-0.4, -0.2) is 13.7 Å². The van der Waals surface area contributed by atoms with Gasteiger partial charge in [-0.2, -0.15) is 0 Å². The van der Waals surface area contributed by atoms with Crippen LogP contribution in [0, 0.1) is 12.8 Å². The van der Waals surface area contributed by atoms with Gasteiger partial charge in [0.05, 0.1) is 7.11 Å². The van der Waals surface area contributed by atoms with E-state index in [1.165, 1.54) is 36.9 Å². The zero-order valence-electron chi connectivity index (χ0n) is 10.3. The van der Waals surface area contributed by atoms with Gasteiger partial charge >= 0.3 is 0 Å². The molecule has 2 heteroatoms. The topological polar surface area (TPSA) is 21.3 Å². The summed E-state index contributed by atoms with van der Waals surface area (Å²) < 4.78 is 5.25. The van der Waals surface area contributed by atoms with Gasteiger partial charge < -0.3 is 10.1 Å². The van der Waals surface area contributed by atoms with Crippen LogP contribution < -0.4 is 10.1 Å². The summed E-state index contributed by atoms with van der Waals surface area (Å²) in [6.45, 7) is 3.20. The van der Waals surface area contributed by atoms with Crippen molar-refractivity contribution in [1.29, 1.82) is 0 Å². The summed E-state index contributed by atoms with van der Waals surface area (Å²) in [4.78, 5) is 0. The van der Waals surface area contributed by atoms with Crippen LogP contribution in [0.25, 0.3) is 0 Å². The smallest absolute Gasteiger partial charge is 0.121 e. The monoisotopic (exact) mass is 219 g/mol. The third-order valence-electron chi connectivity index (χ3n) is 3.46. The van der Waals surface area contributed by atoms with Crippen molar-refractivity contribution in [3.8, 4) is 5.75 Å². The molecule has 0 bridgehead atoms. The van der Waals surface area contributed by atoms with Gasteiger partial charge in [0.1, 0.15) is 5.75 Å². The summed E-state index contributed by atoms with van der Waals surface area (Å²) in [6.07, 6.45) is 5.60. The highest BCUT2D eigenvalue weighted by Crippen LogP contribution is 2.26. The van der Waals surface area contributed by atoms with Crippen molar-refractivity contribution < 1.29 is 4.74 Å². The molecule has 0 aliphatic heterocycles. The van der Waals surface area contributed by atoms with Crippen molar-refractivity contribution in [3.05, 3.63) is 23.8 Å². The van der Waals surface area contributed by atoms with Crippen molar-refractivity contribution in [2.75, 3.05) is 19.0 Å². The first-order valence-corrected chi connectivity index (χ1v) is 6.18. The summed E-state index contributed by atoms with van der Waals surface area (Å²) in [5.74, 6) is 1.84. The lowest BCUT2D eigenvalue weighted by Gasteiger charge is -2.13. The Bertz CT molecular complexity index is 343. The van der Waals surface area contributed by atoms with Crippen LogP contribution in [-0.2, 0) is 0 Å². The Hall–Kier alpha value is -1.18. The number of anilines is 1. The van der Waals surface area contributed by atoms with Crippen molar-refractivity contribution in [2.45, 2.75) is 32.6 Å². The third-order valence-corrected chi connectivity index (χ3v) is 3.46. The standard InChI is InChI=1S/C14H21NO/c1-11-9-13(7-8-14(11)16-2)15-10-12-5-3-4-6-12/h7-9,12,15H,3-6,10H2,1-2H3. The summed E-state index contributed by atoms with van der Waals surface area (Å²) >= 11 is 0. The fourth-order valence-electron chi connectivity index (χ4n) is 2.47. The number of rotatable bonds is 4. The van der Waals surface area contributed by atoms with Crippen LogP contribution in [0.3, 0.4) is 0 Å². The van der Waals surface area contributed by atoms with E-state index in [4.69, 9.17) is 4.74 Å². The van der Waals surface area contributed by atoms with E-state index >= 15 is 0 Å². The molecule has 1 saturated carbocycles. The number of nitrogens with one attached hydrogen (secondary N) is 1. The van der Waals surface area contributed by atoms with E-state index in [0.29, 0.717) is 0 Å². The summed E-state index contributed by atoms with van der Waals surface area (Å²) in [5, 5.41) is 3.52. The number of aryl methyl sites for hydroxylation is 1. The van der Waals surface area contributed by atoms with Gasteiger partial charge in [0.25, 0.3) is 0 Å². The molecule has 88 valence electrons. The van der Waals surface area contributed by atoms with Gasteiger partial charge in [-0.25, -0.2) is 0 Å². The van der Waals surface area contributed by atoms with Crippen LogP contribution in [0.2, 0.25) is 0 Å². The van der Waals surface area contributed by atoms with Crippen molar-refractivity contribution in [3.63, 3.8) is 0 Å². The van der Waals surface area contributed by atoms with Gasteiger partial charge in [-0.15, -0.1) is 0 Å². The molecule has 1 aliphatic carbocycles. The summed E-state index contributed by atoms with van der Waals surface area (Å²) in [6, 6.07) is 6.29. The maximum atomic E-state index is 5.25. The number of hydrogen-bond donors (Lipinski definition) is 1. The van der Waals surface area contributed by atoms with Gasteiger partial charge in [0.2, 0.25) is 0 Å². The molecule has 2 nitrogen and oxygen atoms in total. The first kappa shape index (κ1) is 11.3. The molecular weight excluding hydrogens is 198 g/mol. The molecular formula is C14H21NO. The second-order valence-electron chi connectivity index (χ2n) is 4.72. The average Bonchev–Trinajstić information content (AvgIpc) is 2.79. The lowest BCUT2D eigenvalue weighted by Crippen LogP contribution is -2.10. The largest absolute Gasteiger partial charge is 0.496 e. The molecule has 16 heavy (non-hydrogen) atoms. The Morgan fingerprint density at radius 1 is 1.31 bits per heavy atom. The van der Waals surface area contributed by atoms with Crippen molar-refractivity contribution >= 4 is 5.69 Å². The molecule has 0 amide bonds. The fraction of sp³-hybridized carbons (Fsp3) is 0.571. The molecule has 0 aromatic heterocycles. The minimum Gasteiger partial charge on any atom is -0.496 e. The second-order valence-corrected chi connectivity index (χ2v) is 4.72. The molecule has 1 fully saturated rings. The van der Waals surface area contributed by atoms with Gasteiger partial charge in [-0.05, 0) is 49.4 Å². The lowest BCUT2D eigenvalue weighted by atomic mass is 10.1. The van der Waals surface area contributed by atoms with E-state index in [2.05, 4.69) is 24.4 Å². The molecule has 0 radical (unpaired) electrons. The average molecular weight is 219 g/mol. The quantitative estimate of drug-likeness (QED) is 0.835. The van der Waals surface area contributed by atoms with E-state index in [9.17, 15) is 0 Å². The Labute approximate surface area is 98.0 Å². The van der Waals surface area contributed by atoms with Crippen LogP contribution in [0.1, 0.15) is 31.2 Å². The van der Waals surface area contributed by atoms with Crippen molar-refractivity contribution in [2.24, 2.45) is 5.92 Å². The van der Waals surface area contributed by atoms with E-state index in [1.54, 1.807) is 7.11 Å². The Morgan fingerprint density at radius 3 is 2.69 bits per heavy atom. The normalized spacial score (nSPS) is 16.4. The Balaban J connectivity index is 1.91.